The minimum Gasteiger partial charge on any atom is -0.423 e. The first kappa shape index (κ1) is 14.6. The lowest BCUT2D eigenvalue weighted by atomic mass is 9.98. The summed E-state index contributed by atoms with van der Waals surface area (Å²) >= 11 is 0. The number of piperidine rings is 1. The van der Waals surface area contributed by atoms with Crippen molar-refractivity contribution in [2.75, 3.05) is 25.0 Å². The zero-order chi connectivity index (χ0) is 15.5. The molecule has 0 spiro atoms. The number of urea groups is 1. The molecular formula is C16H18N2O4. The Kier molecular flexibility index (Phi) is 4.11. The van der Waals surface area contributed by atoms with Crippen LogP contribution in [0.25, 0.3) is 11.0 Å². The van der Waals surface area contributed by atoms with Crippen molar-refractivity contribution >= 4 is 22.7 Å². The van der Waals surface area contributed by atoms with Crippen molar-refractivity contribution in [3.05, 3.63) is 40.8 Å². The highest BCUT2D eigenvalue weighted by molar-refractivity contribution is 5.92. The number of nitrogens with one attached hydrogen (secondary N) is 1. The smallest absolute Gasteiger partial charge is 0.336 e. The number of hydrogen-bond acceptors (Lipinski definition) is 4. The number of fused-ring (bicyclic) bond motifs is 1. The molecular weight excluding hydrogens is 284 g/mol. The van der Waals surface area contributed by atoms with Gasteiger partial charge in [0.15, 0.2) is 0 Å². The molecule has 1 aromatic carbocycles. The summed E-state index contributed by atoms with van der Waals surface area (Å²) < 4.78 is 5.06. The lowest BCUT2D eigenvalue weighted by molar-refractivity contribution is 0.143. The molecule has 0 atom stereocenters. The zero-order valence-corrected chi connectivity index (χ0v) is 12.1. The maximum atomic E-state index is 12.2. The van der Waals surface area contributed by atoms with E-state index in [1.165, 1.54) is 6.07 Å². The van der Waals surface area contributed by atoms with Crippen LogP contribution in [0.5, 0.6) is 0 Å². The Bertz CT molecular complexity index is 732. The number of carbonyl (C=O) groups excluding carboxylic acids is 1. The van der Waals surface area contributed by atoms with Gasteiger partial charge in [-0.3, -0.25) is 0 Å². The lowest BCUT2D eigenvalue weighted by Crippen LogP contribution is -2.41. The summed E-state index contributed by atoms with van der Waals surface area (Å²) in [5.74, 6) is 0.299. The van der Waals surface area contributed by atoms with Gasteiger partial charge in [-0.1, -0.05) is 0 Å². The van der Waals surface area contributed by atoms with E-state index in [0.717, 1.165) is 18.2 Å². The molecule has 2 heterocycles. The summed E-state index contributed by atoms with van der Waals surface area (Å²) in [6, 6.07) is 8.04. The van der Waals surface area contributed by atoms with Crippen LogP contribution in [0.1, 0.15) is 12.8 Å². The van der Waals surface area contributed by atoms with Crippen LogP contribution >= 0.6 is 0 Å². The monoisotopic (exact) mass is 302 g/mol. The van der Waals surface area contributed by atoms with Gasteiger partial charge in [-0.25, -0.2) is 9.59 Å². The molecule has 1 aliphatic heterocycles. The predicted molar refractivity (Wildman–Crippen MR) is 82.9 cm³/mol. The Balaban J connectivity index is 1.69. The molecule has 2 aromatic rings. The van der Waals surface area contributed by atoms with Crippen molar-refractivity contribution in [1.82, 2.24) is 4.90 Å². The van der Waals surface area contributed by atoms with Gasteiger partial charge in [-0.2, -0.15) is 0 Å². The summed E-state index contributed by atoms with van der Waals surface area (Å²) in [6.07, 6.45) is 1.65. The van der Waals surface area contributed by atoms with Gasteiger partial charge < -0.3 is 19.7 Å². The highest BCUT2D eigenvalue weighted by Crippen LogP contribution is 2.20. The molecule has 0 saturated carbocycles. The summed E-state index contributed by atoms with van der Waals surface area (Å²) in [7, 11) is 0. The van der Waals surface area contributed by atoms with Crippen molar-refractivity contribution in [3.63, 3.8) is 0 Å². The lowest BCUT2D eigenvalue weighted by Gasteiger charge is -2.31. The molecule has 1 fully saturated rings. The predicted octanol–water partition coefficient (Wildman–Crippen LogP) is 2.03. The molecule has 6 heteroatoms. The molecule has 22 heavy (non-hydrogen) atoms. The van der Waals surface area contributed by atoms with Crippen molar-refractivity contribution in [1.29, 1.82) is 0 Å². The Morgan fingerprint density at radius 1 is 1.27 bits per heavy atom. The number of benzene rings is 1. The Hall–Kier alpha value is -2.34. The van der Waals surface area contributed by atoms with Crippen LogP contribution in [0.3, 0.4) is 0 Å². The molecule has 1 aromatic heterocycles. The van der Waals surface area contributed by atoms with E-state index < -0.39 is 5.63 Å². The van der Waals surface area contributed by atoms with Crippen molar-refractivity contribution in [3.8, 4) is 0 Å². The molecule has 6 nitrogen and oxygen atoms in total. The molecule has 0 bridgehead atoms. The van der Waals surface area contributed by atoms with Crippen LogP contribution < -0.4 is 10.9 Å². The summed E-state index contributed by atoms with van der Waals surface area (Å²) in [5.41, 5.74) is 0.765. The number of aliphatic hydroxyl groups excluding tert-OH is 1. The van der Waals surface area contributed by atoms with E-state index in [0.29, 0.717) is 30.3 Å². The first-order valence-corrected chi connectivity index (χ1v) is 7.36. The van der Waals surface area contributed by atoms with Gasteiger partial charge in [-0.15, -0.1) is 0 Å². The topological polar surface area (TPSA) is 82.8 Å². The quantitative estimate of drug-likeness (QED) is 0.832. The van der Waals surface area contributed by atoms with Gasteiger partial charge in [0.25, 0.3) is 0 Å². The van der Waals surface area contributed by atoms with Crippen LogP contribution in [-0.2, 0) is 0 Å². The molecule has 1 aliphatic rings. The maximum Gasteiger partial charge on any atom is 0.336 e. The van der Waals surface area contributed by atoms with E-state index in [-0.39, 0.29) is 12.6 Å². The number of nitrogens with zero attached hydrogens (tertiary/aromatic N) is 1. The first-order chi connectivity index (χ1) is 10.7. The zero-order valence-electron chi connectivity index (χ0n) is 12.1. The summed E-state index contributed by atoms with van der Waals surface area (Å²) in [4.78, 5) is 25.1. The number of carbonyl (C=O) groups is 1. The molecule has 3 rings (SSSR count). The van der Waals surface area contributed by atoms with Crippen LogP contribution in [0.15, 0.2) is 39.5 Å². The fourth-order valence-corrected chi connectivity index (χ4v) is 2.67. The third-order valence-electron chi connectivity index (χ3n) is 4.03. The molecule has 0 aliphatic carbocycles. The third-order valence-corrected chi connectivity index (χ3v) is 4.03. The Labute approximate surface area is 127 Å². The van der Waals surface area contributed by atoms with Crippen LogP contribution in [0.4, 0.5) is 10.5 Å². The number of likely N-dealkylation sites (tertiary alicyclic amines) is 1. The number of anilines is 1. The second kappa shape index (κ2) is 6.19. The van der Waals surface area contributed by atoms with E-state index in [1.54, 1.807) is 29.2 Å². The van der Waals surface area contributed by atoms with E-state index in [4.69, 9.17) is 9.52 Å². The number of amides is 2. The maximum absolute atomic E-state index is 12.2. The minimum absolute atomic E-state index is 0.145. The van der Waals surface area contributed by atoms with Crippen molar-refractivity contribution in [2.24, 2.45) is 5.92 Å². The Morgan fingerprint density at radius 3 is 2.77 bits per heavy atom. The number of aliphatic hydroxyl groups is 1. The van der Waals surface area contributed by atoms with Crippen LogP contribution in [-0.4, -0.2) is 35.7 Å². The second-order valence-electron chi connectivity index (χ2n) is 5.55. The third kappa shape index (κ3) is 3.12. The molecule has 0 radical (unpaired) electrons. The van der Waals surface area contributed by atoms with Gasteiger partial charge in [-0.05, 0) is 43.0 Å². The van der Waals surface area contributed by atoms with E-state index in [1.807, 2.05) is 0 Å². The van der Waals surface area contributed by atoms with Gasteiger partial charge in [0.1, 0.15) is 5.58 Å². The Morgan fingerprint density at radius 2 is 2.05 bits per heavy atom. The normalized spacial score (nSPS) is 16.0. The average molecular weight is 302 g/mol. The molecule has 2 N–H and O–H groups in total. The highest BCUT2D eigenvalue weighted by Gasteiger charge is 2.22. The number of rotatable bonds is 2. The SMILES string of the molecule is O=C(Nc1ccc2oc(=O)ccc2c1)N1CCC(CO)CC1. The van der Waals surface area contributed by atoms with Crippen molar-refractivity contribution in [2.45, 2.75) is 12.8 Å². The molecule has 2 amide bonds. The van der Waals surface area contributed by atoms with E-state index in [9.17, 15) is 9.59 Å². The molecule has 0 unspecified atom stereocenters. The van der Waals surface area contributed by atoms with Gasteiger partial charge in [0.2, 0.25) is 0 Å². The fourth-order valence-electron chi connectivity index (χ4n) is 2.67. The second-order valence-corrected chi connectivity index (χ2v) is 5.55. The van der Waals surface area contributed by atoms with E-state index in [2.05, 4.69) is 5.32 Å². The van der Waals surface area contributed by atoms with Crippen LogP contribution in [0.2, 0.25) is 0 Å². The standard InChI is InChI=1S/C16H18N2O4/c19-10-11-5-7-18(8-6-11)16(21)17-13-2-3-14-12(9-13)1-4-15(20)22-14/h1-4,9,11,19H,5-8,10H2,(H,17,21). The van der Waals surface area contributed by atoms with Gasteiger partial charge >= 0.3 is 11.7 Å². The van der Waals surface area contributed by atoms with Crippen LogP contribution in [0, 0.1) is 5.92 Å². The first-order valence-electron chi connectivity index (χ1n) is 7.36. The summed E-state index contributed by atoms with van der Waals surface area (Å²) in [5, 5.41) is 12.7. The largest absolute Gasteiger partial charge is 0.423 e. The van der Waals surface area contributed by atoms with Gasteiger partial charge in [0, 0.05) is 36.8 Å². The molecule has 116 valence electrons. The van der Waals surface area contributed by atoms with Gasteiger partial charge in [0.05, 0.1) is 0 Å². The minimum atomic E-state index is -0.393. The summed E-state index contributed by atoms with van der Waals surface area (Å²) in [6.45, 7) is 1.49. The van der Waals surface area contributed by atoms with E-state index >= 15 is 0 Å². The fraction of sp³-hybridized carbons (Fsp3) is 0.375. The number of hydrogen-bond donors (Lipinski definition) is 2. The highest BCUT2D eigenvalue weighted by atomic mass is 16.4. The average Bonchev–Trinajstić information content (AvgIpc) is 2.55. The van der Waals surface area contributed by atoms with Crippen molar-refractivity contribution < 1.29 is 14.3 Å². The molecule has 1 saturated heterocycles.